The molecule has 7 heteroatoms. The molecular weight excluding hydrogens is 352 g/mol. The summed E-state index contributed by atoms with van der Waals surface area (Å²) in [5.41, 5.74) is 4.79. The third kappa shape index (κ3) is 4.49. The molecule has 1 aliphatic heterocycles. The van der Waals surface area contributed by atoms with Gasteiger partial charge in [0, 0.05) is 32.0 Å². The Morgan fingerprint density at radius 2 is 2.00 bits per heavy atom. The molecule has 0 unspecified atom stereocenters. The van der Waals surface area contributed by atoms with Crippen LogP contribution in [0.4, 0.5) is 11.8 Å². The van der Waals surface area contributed by atoms with E-state index in [9.17, 15) is 0 Å². The minimum atomic E-state index is -0.105. The molecule has 7 nitrogen and oxygen atoms in total. The van der Waals surface area contributed by atoms with Crippen LogP contribution < -0.4 is 5.32 Å². The van der Waals surface area contributed by atoms with Gasteiger partial charge in [-0.15, -0.1) is 0 Å². The second-order valence-electron chi connectivity index (χ2n) is 7.04. The summed E-state index contributed by atoms with van der Waals surface area (Å²) < 4.78 is 5.98. The predicted molar refractivity (Wildman–Crippen MR) is 107 cm³/mol. The highest BCUT2D eigenvalue weighted by atomic mass is 16.5. The number of hydrogen-bond donors (Lipinski definition) is 1. The van der Waals surface area contributed by atoms with Crippen molar-refractivity contribution in [3.63, 3.8) is 0 Å². The summed E-state index contributed by atoms with van der Waals surface area (Å²) in [5, 5.41) is 3.08. The van der Waals surface area contributed by atoms with Crippen molar-refractivity contribution < 1.29 is 4.74 Å². The van der Waals surface area contributed by atoms with Gasteiger partial charge < -0.3 is 10.1 Å². The first-order chi connectivity index (χ1) is 13.7. The van der Waals surface area contributed by atoms with Crippen molar-refractivity contribution in [2.24, 2.45) is 0 Å². The Morgan fingerprint density at radius 1 is 1.14 bits per heavy atom. The van der Waals surface area contributed by atoms with Crippen LogP contribution in [0.2, 0.25) is 0 Å². The number of nitrogens with zero attached hydrogens (tertiary/aromatic N) is 5. The van der Waals surface area contributed by atoms with Gasteiger partial charge in [-0.25, -0.2) is 15.0 Å². The molecule has 0 radical (unpaired) electrons. The summed E-state index contributed by atoms with van der Waals surface area (Å²) in [6, 6.07) is 8.43. The highest BCUT2D eigenvalue weighted by Gasteiger charge is 2.24. The van der Waals surface area contributed by atoms with E-state index in [2.05, 4.69) is 62.2 Å². The van der Waals surface area contributed by atoms with Crippen molar-refractivity contribution in [2.75, 3.05) is 25.0 Å². The first-order valence-corrected chi connectivity index (χ1v) is 9.43. The van der Waals surface area contributed by atoms with E-state index in [1.807, 2.05) is 0 Å². The molecule has 1 fully saturated rings. The number of benzene rings is 1. The molecule has 0 aliphatic carbocycles. The number of rotatable bonds is 5. The van der Waals surface area contributed by atoms with Crippen molar-refractivity contribution in [3.8, 4) is 0 Å². The molecule has 1 saturated heterocycles. The van der Waals surface area contributed by atoms with E-state index in [0.717, 1.165) is 25.3 Å². The van der Waals surface area contributed by atoms with E-state index in [4.69, 9.17) is 4.74 Å². The topological polar surface area (TPSA) is 76.1 Å². The van der Waals surface area contributed by atoms with Crippen LogP contribution in [-0.2, 0) is 11.3 Å². The van der Waals surface area contributed by atoms with Crippen LogP contribution in [-0.4, -0.2) is 44.5 Å². The lowest BCUT2D eigenvalue weighted by atomic mass is 10.1. The molecule has 0 saturated carbocycles. The zero-order valence-electron chi connectivity index (χ0n) is 16.2. The number of aryl methyl sites for hydroxylation is 2. The molecule has 1 aromatic carbocycles. The monoisotopic (exact) mass is 376 g/mol. The molecular formula is C21H24N6O. The maximum absolute atomic E-state index is 5.98. The number of anilines is 2. The summed E-state index contributed by atoms with van der Waals surface area (Å²) in [6.07, 6.45) is 6.69. The minimum Gasteiger partial charge on any atom is -0.369 e. The summed E-state index contributed by atoms with van der Waals surface area (Å²) in [4.78, 5) is 19.7. The molecule has 3 heterocycles. The standard InChI is InChI=1S/C21H24N6O/c1-15-4-5-17(10-16(15)2)13-27-8-9-28-19(14-27)18-11-22-12-20(25-18)26-21-23-6-3-7-24-21/h3-7,10-12,19H,8-9,13-14H2,1-2H3,(H,23,24,25,26)/t19-/m0/s1. The summed E-state index contributed by atoms with van der Waals surface area (Å²) in [6.45, 7) is 7.58. The van der Waals surface area contributed by atoms with Gasteiger partial charge in [-0.05, 0) is 36.6 Å². The van der Waals surface area contributed by atoms with Gasteiger partial charge in [0.15, 0.2) is 5.82 Å². The van der Waals surface area contributed by atoms with Crippen molar-refractivity contribution >= 4 is 11.8 Å². The van der Waals surface area contributed by atoms with Gasteiger partial charge in [-0.2, -0.15) is 0 Å². The predicted octanol–water partition coefficient (Wildman–Crippen LogP) is 3.20. The molecule has 1 aliphatic rings. The van der Waals surface area contributed by atoms with Gasteiger partial charge in [0.05, 0.1) is 24.7 Å². The lowest BCUT2D eigenvalue weighted by molar-refractivity contribution is -0.0351. The quantitative estimate of drug-likeness (QED) is 0.733. The molecule has 1 N–H and O–H groups in total. The number of hydrogen-bond acceptors (Lipinski definition) is 7. The molecule has 4 rings (SSSR count). The zero-order valence-corrected chi connectivity index (χ0v) is 16.2. The van der Waals surface area contributed by atoms with Gasteiger partial charge in [-0.1, -0.05) is 18.2 Å². The Morgan fingerprint density at radius 3 is 2.82 bits per heavy atom. The Kier molecular flexibility index (Phi) is 5.55. The lowest BCUT2D eigenvalue weighted by Gasteiger charge is -2.32. The molecule has 3 aromatic rings. The summed E-state index contributed by atoms with van der Waals surface area (Å²) in [7, 11) is 0. The van der Waals surface area contributed by atoms with Crippen molar-refractivity contribution in [1.82, 2.24) is 24.8 Å². The van der Waals surface area contributed by atoms with Crippen LogP contribution in [0.1, 0.15) is 28.5 Å². The minimum absolute atomic E-state index is 0.105. The molecule has 0 amide bonds. The second-order valence-corrected chi connectivity index (χ2v) is 7.04. The van der Waals surface area contributed by atoms with Crippen molar-refractivity contribution in [3.05, 3.63) is 71.4 Å². The van der Waals surface area contributed by atoms with E-state index >= 15 is 0 Å². The molecule has 2 aromatic heterocycles. The van der Waals surface area contributed by atoms with Crippen LogP contribution >= 0.6 is 0 Å². The SMILES string of the molecule is Cc1ccc(CN2CCO[C@H](c3cncc(Nc4ncccn4)n3)C2)cc1C. The molecule has 144 valence electrons. The molecule has 0 bridgehead atoms. The number of aromatic nitrogens is 4. The van der Waals surface area contributed by atoms with Gasteiger partial charge in [0.1, 0.15) is 6.10 Å². The third-order valence-electron chi connectivity index (χ3n) is 4.92. The maximum Gasteiger partial charge on any atom is 0.228 e. The smallest absolute Gasteiger partial charge is 0.228 e. The van der Waals surface area contributed by atoms with E-state index in [1.54, 1.807) is 30.9 Å². The summed E-state index contributed by atoms with van der Waals surface area (Å²) in [5.74, 6) is 1.11. The highest BCUT2D eigenvalue weighted by molar-refractivity contribution is 5.45. The molecule has 0 spiro atoms. The number of nitrogens with one attached hydrogen (secondary N) is 1. The second kappa shape index (κ2) is 8.41. The Bertz CT molecular complexity index is 933. The largest absolute Gasteiger partial charge is 0.369 e. The van der Waals surface area contributed by atoms with Crippen LogP contribution in [0, 0.1) is 13.8 Å². The zero-order chi connectivity index (χ0) is 19.3. The van der Waals surface area contributed by atoms with Gasteiger partial charge in [-0.3, -0.25) is 9.88 Å². The lowest BCUT2D eigenvalue weighted by Crippen LogP contribution is -2.38. The Labute approximate surface area is 164 Å². The summed E-state index contributed by atoms with van der Waals surface area (Å²) >= 11 is 0. The fraction of sp³-hybridized carbons (Fsp3) is 0.333. The maximum atomic E-state index is 5.98. The Balaban J connectivity index is 1.44. The van der Waals surface area contributed by atoms with E-state index < -0.39 is 0 Å². The van der Waals surface area contributed by atoms with E-state index in [-0.39, 0.29) is 6.10 Å². The average Bonchev–Trinajstić information content (AvgIpc) is 2.72. The average molecular weight is 376 g/mol. The first-order valence-electron chi connectivity index (χ1n) is 9.43. The van der Waals surface area contributed by atoms with E-state index in [1.165, 1.54) is 16.7 Å². The number of morpholine rings is 1. The Hall–Kier alpha value is -2.90. The van der Waals surface area contributed by atoms with Crippen LogP contribution in [0.3, 0.4) is 0 Å². The van der Waals surface area contributed by atoms with Crippen molar-refractivity contribution in [2.45, 2.75) is 26.5 Å². The first kappa shape index (κ1) is 18.5. The fourth-order valence-corrected chi connectivity index (χ4v) is 3.26. The fourth-order valence-electron chi connectivity index (χ4n) is 3.26. The highest BCUT2D eigenvalue weighted by Crippen LogP contribution is 2.23. The van der Waals surface area contributed by atoms with Crippen LogP contribution in [0.25, 0.3) is 0 Å². The van der Waals surface area contributed by atoms with Gasteiger partial charge >= 0.3 is 0 Å². The van der Waals surface area contributed by atoms with Gasteiger partial charge in [0.2, 0.25) is 5.95 Å². The van der Waals surface area contributed by atoms with Crippen LogP contribution in [0.15, 0.2) is 49.1 Å². The van der Waals surface area contributed by atoms with Crippen molar-refractivity contribution in [1.29, 1.82) is 0 Å². The van der Waals surface area contributed by atoms with Gasteiger partial charge in [0.25, 0.3) is 0 Å². The third-order valence-corrected chi connectivity index (χ3v) is 4.92. The molecule has 28 heavy (non-hydrogen) atoms. The van der Waals surface area contributed by atoms with E-state index in [0.29, 0.717) is 18.4 Å². The molecule has 1 atom stereocenters. The normalized spacial score (nSPS) is 17.4. The number of ether oxygens (including phenoxy) is 1. The van der Waals surface area contributed by atoms with Crippen LogP contribution in [0.5, 0.6) is 0 Å².